The van der Waals surface area contributed by atoms with Crippen LogP contribution in [0.4, 0.5) is 0 Å². The maximum absolute atomic E-state index is 13.7. The van der Waals surface area contributed by atoms with E-state index in [0.29, 0.717) is 74.8 Å². The quantitative estimate of drug-likeness (QED) is 0.656. The van der Waals surface area contributed by atoms with E-state index >= 15 is 0 Å². The molecule has 32 heavy (non-hydrogen) atoms. The maximum Gasteiger partial charge on any atom is 0.358 e. The van der Waals surface area contributed by atoms with E-state index in [-0.39, 0.29) is 11.6 Å². The van der Waals surface area contributed by atoms with Crippen LogP contribution in [0.1, 0.15) is 39.4 Å². The zero-order valence-electron chi connectivity index (χ0n) is 18.2. The summed E-state index contributed by atoms with van der Waals surface area (Å²) in [5.74, 6) is -0.558. The van der Waals surface area contributed by atoms with Gasteiger partial charge in [-0.05, 0) is 30.7 Å². The SMILES string of the molecule is COC(=O)c1nn(-c2ccc(OC)cc2)c2c1CCN(N1CCC3(CC1)OCCO3)C2=O. The second-order valence-corrected chi connectivity index (χ2v) is 8.02. The largest absolute Gasteiger partial charge is 0.497 e. The van der Waals surface area contributed by atoms with Gasteiger partial charge in [-0.2, -0.15) is 5.10 Å². The zero-order chi connectivity index (χ0) is 22.3. The molecule has 0 unspecified atom stereocenters. The number of nitrogens with zero attached hydrogens (tertiary/aromatic N) is 4. The first kappa shape index (κ1) is 20.9. The van der Waals surface area contributed by atoms with Gasteiger partial charge in [0.15, 0.2) is 11.5 Å². The molecule has 0 saturated carbocycles. The fourth-order valence-electron chi connectivity index (χ4n) is 4.65. The number of fused-ring (bicyclic) bond motifs is 1. The topological polar surface area (TPSA) is 95.4 Å². The molecule has 5 rings (SSSR count). The summed E-state index contributed by atoms with van der Waals surface area (Å²) < 4.78 is 23.3. The van der Waals surface area contributed by atoms with Crippen LogP contribution in [0.3, 0.4) is 0 Å². The number of rotatable bonds is 4. The smallest absolute Gasteiger partial charge is 0.358 e. The molecule has 1 aromatic carbocycles. The molecule has 3 aliphatic rings. The van der Waals surface area contributed by atoms with Crippen molar-refractivity contribution in [2.75, 3.05) is 47.1 Å². The Morgan fingerprint density at radius 1 is 1.06 bits per heavy atom. The Morgan fingerprint density at radius 2 is 1.75 bits per heavy atom. The number of benzene rings is 1. The van der Waals surface area contributed by atoms with Crippen molar-refractivity contribution in [3.8, 4) is 11.4 Å². The van der Waals surface area contributed by atoms with Crippen molar-refractivity contribution in [2.24, 2.45) is 0 Å². The Labute approximate surface area is 185 Å². The van der Waals surface area contributed by atoms with Gasteiger partial charge in [0.2, 0.25) is 0 Å². The Bertz CT molecular complexity index is 1020. The third kappa shape index (κ3) is 3.44. The lowest BCUT2D eigenvalue weighted by molar-refractivity contribution is -0.200. The molecular formula is C22H26N4O6. The van der Waals surface area contributed by atoms with Crippen LogP contribution in [0.2, 0.25) is 0 Å². The average Bonchev–Trinajstić information content (AvgIpc) is 3.45. The van der Waals surface area contributed by atoms with E-state index in [1.54, 1.807) is 36.4 Å². The molecule has 1 amide bonds. The van der Waals surface area contributed by atoms with E-state index in [9.17, 15) is 9.59 Å². The lowest BCUT2D eigenvalue weighted by Gasteiger charge is -2.43. The third-order valence-electron chi connectivity index (χ3n) is 6.35. The van der Waals surface area contributed by atoms with Gasteiger partial charge in [-0.3, -0.25) is 9.80 Å². The zero-order valence-corrected chi connectivity index (χ0v) is 18.2. The predicted octanol–water partition coefficient (Wildman–Crippen LogP) is 1.42. The van der Waals surface area contributed by atoms with Crippen LogP contribution in [-0.4, -0.2) is 84.5 Å². The molecule has 0 radical (unpaired) electrons. The highest BCUT2D eigenvalue weighted by Crippen LogP contribution is 2.34. The maximum atomic E-state index is 13.7. The van der Waals surface area contributed by atoms with Crippen molar-refractivity contribution in [1.29, 1.82) is 0 Å². The highest BCUT2D eigenvalue weighted by molar-refractivity contribution is 6.00. The Kier molecular flexibility index (Phi) is 5.36. The number of piperidine rings is 1. The van der Waals surface area contributed by atoms with Crippen molar-refractivity contribution in [2.45, 2.75) is 25.0 Å². The molecule has 0 bridgehead atoms. The average molecular weight is 442 g/mol. The molecule has 0 aliphatic carbocycles. The minimum absolute atomic E-state index is 0.177. The number of aromatic nitrogens is 2. The summed E-state index contributed by atoms with van der Waals surface area (Å²) in [7, 11) is 2.90. The standard InChI is InChI=1S/C22H26N4O6/c1-29-16-5-3-15(4-6-16)26-19-17(18(23-26)21(28)30-2)7-10-25(20(19)27)24-11-8-22(9-12-24)31-13-14-32-22/h3-6H,7-14H2,1-2H3. The Morgan fingerprint density at radius 3 is 2.38 bits per heavy atom. The van der Waals surface area contributed by atoms with Crippen LogP contribution in [0.15, 0.2) is 24.3 Å². The summed E-state index contributed by atoms with van der Waals surface area (Å²) in [6.45, 7) is 3.01. The van der Waals surface area contributed by atoms with Gasteiger partial charge in [0.05, 0.1) is 33.1 Å². The van der Waals surface area contributed by atoms with Gasteiger partial charge in [-0.25, -0.2) is 14.5 Å². The number of hydrogen-bond donors (Lipinski definition) is 0. The van der Waals surface area contributed by atoms with Gasteiger partial charge in [-0.1, -0.05) is 0 Å². The molecule has 170 valence electrons. The minimum atomic E-state index is -0.551. The van der Waals surface area contributed by atoms with E-state index in [2.05, 4.69) is 5.10 Å². The lowest BCUT2D eigenvalue weighted by atomic mass is 10.0. The van der Waals surface area contributed by atoms with Gasteiger partial charge in [-0.15, -0.1) is 0 Å². The van der Waals surface area contributed by atoms with Crippen LogP contribution < -0.4 is 4.74 Å². The van der Waals surface area contributed by atoms with Crippen LogP contribution in [0.25, 0.3) is 5.69 Å². The van der Waals surface area contributed by atoms with Crippen molar-refractivity contribution < 1.29 is 28.5 Å². The van der Waals surface area contributed by atoms with Gasteiger partial charge in [0.1, 0.15) is 11.4 Å². The number of ether oxygens (including phenoxy) is 4. The second-order valence-electron chi connectivity index (χ2n) is 8.02. The molecule has 2 saturated heterocycles. The highest BCUT2D eigenvalue weighted by atomic mass is 16.7. The lowest BCUT2D eigenvalue weighted by Crippen LogP contribution is -2.56. The van der Waals surface area contributed by atoms with E-state index in [4.69, 9.17) is 18.9 Å². The van der Waals surface area contributed by atoms with Gasteiger partial charge < -0.3 is 18.9 Å². The number of hydrazine groups is 1. The molecule has 0 N–H and O–H groups in total. The number of methoxy groups -OCH3 is 2. The van der Waals surface area contributed by atoms with E-state index < -0.39 is 11.8 Å². The van der Waals surface area contributed by atoms with Crippen molar-refractivity contribution in [1.82, 2.24) is 19.8 Å². The van der Waals surface area contributed by atoms with Gasteiger partial charge >= 0.3 is 5.97 Å². The van der Waals surface area contributed by atoms with Crippen LogP contribution in [0.5, 0.6) is 5.75 Å². The number of carbonyl (C=O) groups is 2. The minimum Gasteiger partial charge on any atom is -0.497 e. The van der Waals surface area contributed by atoms with E-state index in [1.165, 1.54) is 11.8 Å². The van der Waals surface area contributed by atoms with Crippen LogP contribution >= 0.6 is 0 Å². The number of esters is 1. The third-order valence-corrected chi connectivity index (χ3v) is 6.35. The molecule has 10 nitrogen and oxygen atoms in total. The molecule has 1 aromatic heterocycles. The Hall–Kier alpha value is -2.95. The summed E-state index contributed by atoms with van der Waals surface area (Å²) >= 11 is 0. The molecule has 10 heteroatoms. The summed E-state index contributed by atoms with van der Waals surface area (Å²) in [5, 5.41) is 8.27. The van der Waals surface area contributed by atoms with E-state index in [0.717, 1.165) is 0 Å². The van der Waals surface area contributed by atoms with Gasteiger partial charge in [0, 0.05) is 38.0 Å². The molecular weight excluding hydrogens is 416 g/mol. The molecule has 2 fully saturated rings. The second kappa shape index (κ2) is 8.19. The first-order valence-corrected chi connectivity index (χ1v) is 10.7. The summed E-state index contributed by atoms with van der Waals surface area (Å²) in [6, 6.07) is 7.19. The van der Waals surface area contributed by atoms with Crippen molar-refractivity contribution >= 4 is 11.9 Å². The summed E-state index contributed by atoms with van der Waals surface area (Å²) in [6.07, 6.45) is 1.92. The van der Waals surface area contributed by atoms with Crippen molar-refractivity contribution in [3.63, 3.8) is 0 Å². The normalized spacial score (nSPS) is 20.4. The molecule has 0 atom stereocenters. The fourth-order valence-corrected chi connectivity index (χ4v) is 4.65. The number of hydrogen-bond acceptors (Lipinski definition) is 8. The van der Waals surface area contributed by atoms with E-state index in [1.807, 2.05) is 5.01 Å². The monoisotopic (exact) mass is 442 g/mol. The molecule has 4 heterocycles. The molecule has 3 aliphatic heterocycles. The van der Waals surface area contributed by atoms with Crippen LogP contribution in [0, 0.1) is 0 Å². The van der Waals surface area contributed by atoms with Crippen molar-refractivity contribution in [3.05, 3.63) is 41.2 Å². The number of amides is 1. The summed E-state index contributed by atoms with van der Waals surface area (Å²) in [4.78, 5) is 26.0. The Balaban J connectivity index is 1.46. The fraction of sp³-hybridized carbons (Fsp3) is 0.500. The van der Waals surface area contributed by atoms with Crippen LogP contribution in [-0.2, 0) is 20.6 Å². The highest BCUT2D eigenvalue weighted by Gasteiger charge is 2.43. The summed E-state index contributed by atoms with van der Waals surface area (Å²) in [5.41, 5.74) is 1.84. The predicted molar refractivity (Wildman–Crippen MR) is 112 cm³/mol. The molecule has 1 spiro atoms. The van der Waals surface area contributed by atoms with Gasteiger partial charge in [0.25, 0.3) is 5.91 Å². The first-order chi connectivity index (χ1) is 15.5. The number of carbonyl (C=O) groups excluding carboxylic acids is 2. The first-order valence-electron chi connectivity index (χ1n) is 10.7. The molecule has 2 aromatic rings.